The molecule has 3 nitrogen and oxygen atoms in total. The number of aromatic nitrogens is 2. The number of hydrogen-bond donors (Lipinski definition) is 0. The maximum Gasteiger partial charge on any atom is 0.129 e. The molecule has 104 valence electrons. The van der Waals surface area contributed by atoms with E-state index in [2.05, 4.69) is 42.2 Å². The van der Waals surface area contributed by atoms with Crippen LogP contribution in [0.1, 0.15) is 23.9 Å². The third-order valence-corrected chi connectivity index (χ3v) is 3.84. The minimum absolute atomic E-state index is 0.301. The molecule has 0 unspecified atom stereocenters. The highest BCUT2D eigenvalue weighted by molar-refractivity contribution is 6.17. The Morgan fingerprint density at radius 2 is 1.95 bits per heavy atom. The first-order valence-corrected chi connectivity index (χ1v) is 7.37. The maximum atomic E-state index is 9.22. The van der Waals surface area contributed by atoms with E-state index in [1.807, 2.05) is 16.7 Å². The van der Waals surface area contributed by atoms with Gasteiger partial charge in [-0.3, -0.25) is 4.57 Å². The Morgan fingerprint density at radius 3 is 2.57 bits per heavy atom. The molecule has 2 aromatic carbocycles. The molecule has 0 N–H and O–H groups in total. The summed E-state index contributed by atoms with van der Waals surface area (Å²) in [5, 5.41) is 9.22. The fourth-order valence-corrected chi connectivity index (χ4v) is 2.68. The lowest BCUT2D eigenvalue weighted by molar-refractivity contribution is 0.979. The molecule has 21 heavy (non-hydrogen) atoms. The number of para-hydroxylation sites is 1. The van der Waals surface area contributed by atoms with Crippen LogP contribution < -0.4 is 0 Å². The van der Waals surface area contributed by atoms with Crippen LogP contribution in [0.2, 0.25) is 0 Å². The zero-order chi connectivity index (χ0) is 14.8. The molecule has 0 amide bonds. The van der Waals surface area contributed by atoms with Gasteiger partial charge in [0.25, 0.3) is 0 Å². The van der Waals surface area contributed by atoms with Crippen LogP contribution in [-0.2, 0) is 12.3 Å². The maximum absolute atomic E-state index is 9.22. The molecule has 0 aliphatic heterocycles. The van der Waals surface area contributed by atoms with Crippen molar-refractivity contribution in [2.45, 2.75) is 19.2 Å². The summed E-state index contributed by atoms with van der Waals surface area (Å²) in [5.74, 6) is 1.05. The lowest BCUT2D eigenvalue weighted by Gasteiger charge is -2.08. The first-order chi connectivity index (χ1) is 10.3. The Hall–Kier alpha value is -2.31. The van der Waals surface area contributed by atoms with Gasteiger partial charge in [-0.05, 0) is 36.2 Å². The van der Waals surface area contributed by atoms with Gasteiger partial charge in [0.1, 0.15) is 17.4 Å². The average Bonchev–Trinajstić information content (AvgIpc) is 2.93. The Morgan fingerprint density at radius 1 is 1.19 bits per heavy atom. The van der Waals surface area contributed by atoms with E-state index in [4.69, 9.17) is 11.6 Å². The highest BCUT2D eigenvalue weighted by Gasteiger charge is 2.14. The zero-order valence-corrected chi connectivity index (χ0v) is 12.4. The quantitative estimate of drug-likeness (QED) is 0.680. The summed E-state index contributed by atoms with van der Waals surface area (Å²) in [6.07, 6.45) is 1.01. The standard InChI is InChI=1S/C17H14ClN3/c1-2-12-6-8-14(9-7-12)21-15-5-3-4-13(11-19)17(15)20-16(21)10-18/h3-9H,2,10H2,1H3. The number of nitriles is 1. The average molecular weight is 296 g/mol. The van der Waals surface area contributed by atoms with Crippen LogP contribution in [0.25, 0.3) is 16.7 Å². The van der Waals surface area contributed by atoms with Crippen molar-refractivity contribution in [2.24, 2.45) is 0 Å². The third-order valence-electron chi connectivity index (χ3n) is 3.60. The van der Waals surface area contributed by atoms with E-state index >= 15 is 0 Å². The normalized spacial score (nSPS) is 10.7. The molecule has 0 spiro atoms. The van der Waals surface area contributed by atoms with Crippen LogP contribution in [0.3, 0.4) is 0 Å². The van der Waals surface area contributed by atoms with Crippen molar-refractivity contribution < 1.29 is 0 Å². The number of imidazole rings is 1. The Balaban J connectivity index is 2.27. The SMILES string of the molecule is CCc1ccc(-n2c(CCl)nc3c(C#N)cccc32)cc1. The smallest absolute Gasteiger partial charge is 0.129 e. The number of aryl methyl sites for hydroxylation is 1. The van der Waals surface area contributed by atoms with E-state index in [9.17, 15) is 5.26 Å². The molecule has 3 aromatic rings. The van der Waals surface area contributed by atoms with Crippen molar-refractivity contribution in [3.05, 3.63) is 59.4 Å². The molecule has 0 radical (unpaired) electrons. The van der Waals surface area contributed by atoms with Crippen LogP contribution in [0.5, 0.6) is 0 Å². The van der Waals surface area contributed by atoms with Gasteiger partial charge in [0.15, 0.2) is 0 Å². The van der Waals surface area contributed by atoms with Crippen molar-refractivity contribution in [3.8, 4) is 11.8 Å². The predicted molar refractivity (Wildman–Crippen MR) is 84.7 cm³/mol. The second-order valence-electron chi connectivity index (χ2n) is 4.80. The topological polar surface area (TPSA) is 41.6 Å². The van der Waals surface area contributed by atoms with Gasteiger partial charge in [-0.25, -0.2) is 4.98 Å². The number of alkyl halides is 1. The van der Waals surface area contributed by atoms with E-state index in [1.165, 1.54) is 5.56 Å². The fourth-order valence-electron chi connectivity index (χ4n) is 2.50. The van der Waals surface area contributed by atoms with E-state index in [0.717, 1.165) is 23.4 Å². The van der Waals surface area contributed by atoms with Gasteiger partial charge in [-0.1, -0.05) is 25.1 Å². The summed E-state index contributed by atoms with van der Waals surface area (Å²) < 4.78 is 2.02. The first kappa shape index (κ1) is 13.7. The van der Waals surface area contributed by atoms with Crippen LogP contribution in [0, 0.1) is 11.3 Å². The minimum atomic E-state index is 0.301. The van der Waals surface area contributed by atoms with E-state index in [0.29, 0.717) is 17.0 Å². The molecule has 1 heterocycles. The molecule has 0 saturated heterocycles. The summed E-state index contributed by atoms with van der Waals surface area (Å²) in [5.41, 5.74) is 4.49. The van der Waals surface area contributed by atoms with Crippen LogP contribution in [0.15, 0.2) is 42.5 Å². The van der Waals surface area contributed by atoms with Crippen molar-refractivity contribution in [3.63, 3.8) is 0 Å². The molecule has 0 fully saturated rings. The molecule has 0 atom stereocenters. The summed E-state index contributed by atoms with van der Waals surface area (Å²) in [4.78, 5) is 4.53. The largest absolute Gasteiger partial charge is 0.295 e. The number of hydrogen-bond acceptors (Lipinski definition) is 2. The lowest BCUT2D eigenvalue weighted by atomic mass is 10.1. The molecular weight excluding hydrogens is 282 g/mol. The number of nitrogens with zero attached hydrogens (tertiary/aromatic N) is 3. The van der Waals surface area contributed by atoms with Gasteiger partial charge in [-0.15, -0.1) is 11.6 Å². The summed E-state index contributed by atoms with van der Waals surface area (Å²) in [6.45, 7) is 2.13. The van der Waals surface area contributed by atoms with Gasteiger partial charge in [0.2, 0.25) is 0 Å². The van der Waals surface area contributed by atoms with Crippen LogP contribution >= 0.6 is 11.6 Å². The number of halogens is 1. The van der Waals surface area contributed by atoms with Gasteiger partial charge in [-0.2, -0.15) is 5.26 Å². The lowest BCUT2D eigenvalue weighted by Crippen LogP contribution is -1.99. The Bertz CT molecular complexity index is 826. The van der Waals surface area contributed by atoms with Gasteiger partial charge >= 0.3 is 0 Å². The molecule has 3 rings (SSSR count). The highest BCUT2D eigenvalue weighted by atomic mass is 35.5. The van der Waals surface area contributed by atoms with Crippen molar-refractivity contribution >= 4 is 22.6 Å². The van der Waals surface area contributed by atoms with E-state index in [1.54, 1.807) is 6.07 Å². The van der Waals surface area contributed by atoms with Gasteiger partial charge < -0.3 is 0 Å². The highest BCUT2D eigenvalue weighted by Crippen LogP contribution is 2.25. The Kier molecular flexibility index (Phi) is 3.64. The predicted octanol–water partition coefficient (Wildman–Crippen LogP) is 4.20. The zero-order valence-electron chi connectivity index (χ0n) is 11.7. The van der Waals surface area contributed by atoms with Crippen molar-refractivity contribution in [1.29, 1.82) is 5.26 Å². The first-order valence-electron chi connectivity index (χ1n) is 6.84. The third kappa shape index (κ3) is 2.28. The summed E-state index contributed by atoms with van der Waals surface area (Å²) >= 11 is 6.04. The number of fused-ring (bicyclic) bond motifs is 1. The van der Waals surface area contributed by atoms with Crippen LogP contribution in [-0.4, -0.2) is 9.55 Å². The minimum Gasteiger partial charge on any atom is -0.295 e. The van der Waals surface area contributed by atoms with E-state index in [-0.39, 0.29) is 0 Å². The molecule has 1 aromatic heterocycles. The van der Waals surface area contributed by atoms with Crippen LogP contribution in [0.4, 0.5) is 0 Å². The number of rotatable bonds is 3. The monoisotopic (exact) mass is 295 g/mol. The number of benzene rings is 2. The van der Waals surface area contributed by atoms with Crippen molar-refractivity contribution in [2.75, 3.05) is 0 Å². The molecule has 0 bridgehead atoms. The molecule has 4 heteroatoms. The van der Waals surface area contributed by atoms with Crippen molar-refractivity contribution in [1.82, 2.24) is 9.55 Å². The molecule has 0 aliphatic rings. The molecular formula is C17H14ClN3. The van der Waals surface area contributed by atoms with E-state index < -0.39 is 0 Å². The summed E-state index contributed by atoms with van der Waals surface area (Å²) in [6, 6.07) is 16.1. The van der Waals surface area contributed by atoms with Gasteiger partial charge in [0, 0.05) is 5.69 Å². The molecule has 0 aliphatic carbocycles. The van der Waals surface area contributed by atoms with Gasteiger partial charge in [0.05, 0.1) is 17.0 Å². The second-order valence-corrected chi connectivity index (χ2v) is 5.07. The molecule has 0 saturated carbocycles. The summed E-state index contributed by atoms with van der Waals surface area (Å²) in [7, 11) is 0. The fraction of sp³-hybridized carbons (Fsp3) is 0.176. The Labute approximate surface area is 128 Å². The second kappa shape index (κ2) is 5.59.